The molecule has 0 spiro atoms. The number of nitro groups is 1. The van der Waals surface area contributed by atoms with E-state index in [0.717, 1.165) is 5.56 Å². The fraction of sp³-hybridized carbons (Fsp3) is 0.0556. The second-order valence-electron chi connectivity index (χ2n) is 5.72. The van der Waals surface area contributed by atoms with Gasteiger partial charge in [0.15, 0.2) is 5.69 Å². The first-order valence-electron chi connectivity index (χ1n) is 8.01. The number of hydrogen-bond donors (Lipinski definition) is 2. The molecule has 2 aromatic carbocycles. The molecule has 0 aliphatic carbocycles. The zero-order valence-corrected chi connectivity index (χ0v) is 15.1. The monoisotopic (exact) mass is 399 g/mol. The average Bonchev–Trinajstić information content (AvgIpc) is 3.13. The normalized spacial score (nSPS) is 10.9. The molecule has 0 saturated heterocycles. The van der Waals surface area contributed by atoms with E-state index in [1.165, 1.54) is 47.3 Å². The molecule has 0 aliphatic heterocycles. The number of rotatable bonds is 6. The zero-order valence-electron chi connectivity index (χ0n) is 14.3. The van der Waals surface area contributed by atoms with Crippen LogP contribution in [-0.2, 0) is 6.54 Å². The minimum Gasteiger partial charge on any atom is -0.507 e. The molecule has 0 bridgehead atoms. The summed E-state index contributed by atoms with van der Waals surface area (Å²) < 4.78 is 1.53. The number of nitro benzene ring substituents is 1. The Balaban J connectivity index is 1.61. The van der Waals surface area contributed by atoms with Crippen LogP contribution in [0.5, 0.6) is 5.75 Å². The molecular formula is C18H14ClN5O4. The highest BCUT2D eigenvalue weighted by molar-refractivity contribution is 6.30. The first-order valence-corrected chi connectivity index (χ1v) is 8.39. The molecule has 1 amide bonds. The van der Waals surface area contributed by atoms with E-state index in [9.17, 15) is 20.0 Å². The number of amides is 1. The van der Waals surface area contributed by atoms with Crippen molar-refractivity contribution in [1.82, 2.24) is 15.2 Å². The molecule has 1 aromatic heterocycles. The lowest BCUT2D eigenvalue weighted by Gasteiger charge is -2.02. The van der Waals surface area contributed by atoms with Crippen LogP contribution >= 0.6 is 11.6 Å². The number of nitrogens with zero attached hydrogens (tertiary/aromatic N) is 4. The van der Waals surface area contributed by atoms with Gasteiger partial charge in [-0.25, -0.2) is 5.43 Å². The zero-order chi connectivity index (χ0) is 20.1. The Morgan fingerprint density at radius 3 is 2.75 bits per heavy atom. The van der Waals surface area contributed by atoms with Crippen molar-refractivity contribution in [2.24, 2.45) is 5.10 Å². The van der Waals surface area contributed by atoms with E-state index in [1.54, 1.807) is 18.3 Å². The van der Waals surface area contributed by atoms with Gasteiger partial charge in [-0.1, -0.05) is 23.7 Å². The highest BCUT2D eigenvalue weighted by Crippen LogP contribution is 2.19. The number of carbonyl (C=O) groups is 1. The van der Waals surface area contributed by atoms with Crippen LogP contribution in [0.15, 0.2) is 59.8 Å². The summed E-state index contributed by atoms with van der Waals surface area (Å²) in [4.78, 5) is 22.3. The van der Waals surface area contributed by atoms with Gasteiger partial charge in [0.1, 0.15) is 5.75 Å². The lowest BCUT2D eigenvalue weighted by Crippen LogP contribution is -2.18. The molecule has 142 valence electrons. The fourth-order valence-electron chi connectivity index (χ4n) is 2.33. The van der Waals surface area contributed by atoms with E-state index in [0.29, 0.717) is 17.1 Å². The van der Waals surface area contributed by atoms with E-state index in [-0.39, 0.29) is 17.1 Å². The van der Waals surface area contributed by atoms with Crippen LogP contribution in [0.3, 0.4) is 0 Å². The van der Waals surface area contributed by atoms with Gasteiger partial charge in [0.25, 0.3) is 11.6 Å². The molecule has 0 unspecified atom stereocenters. The van der Waals surface area contributed by atoms with Crippen molar-refractivity contribution in [3.63, 3.8) is 0 Å². The third-order valence-electron chi connectivity index (χ3n) is 3.72. The van der Waals surface area contributed by atoms with Gasteiger partial charge < -0.3 is 5.11 Å². The van der Waals surface area contributed by atoms with Crippen LogP contribution in [0.2, 0.25) is 5.02 Å². The van der Waals surface area contributed by atoms with Crippen LogP contribution < -0.4 is 5.43 Å². The predicted molar refractivity (Wildman–Crippen MR) is 103 cm³/mol. The van der Waals surface area contributed by atoms with Crippen molar-refractivity contribution in [3.8, 4) is 5.75 Å². The number of hydrazone groups is 1. The third kappa shape index (κ3) is 4.71. The first kappa shape index (κ1) is 19.1. The van der Waals surface area contributed by atoms with Gasteiger partial charge in [0.2, 0.25) is 0 Å². The van der Waals surface area contributed by atoms with Crippen molar-refractivity contribution >= 4 is 29.4 Å². The van der Waals surface area contributed by atoms with Crippen molar-refractivity contribution in [2.45, 2.75) is 6.54 Å². The molecule has 1 heterocycles. The smallest absolute Gasteiger partial charge is 0.291 e. The molecule has 0 fully saturated rings. The first-order chi connectivity index (χ1) is 13.4. The van der Waals surface area contributed by atoms with Crippen LogP contribution in [0.1, 0.15) is 21.6 Å². The molecule has 3 rings (SSSR count). The van der Waals surface area contributed by atoms with Gasteiger partial charge in [-0.05, 0) is 29.8 Å². The number of aromatic nitrogens is 2. The van der Waals surface area contributed by atoms with Crippen molar-refractivity contribution in [3.05, 3.63) is 86.7 Å². The molecule has 0 aliphatic rings. The number of halogens is 1. The average molecular weight is 400 g/mol. The minimum absolute atomic E-state index is 0.00730. The fourth-order valence-corrected chi connectivity index (χ4v) is 2.51. The largest absolute Gasteiger partial charge is 0.507 e. The summed E-state index contributed by atoms with van der Waals surface area (Å²) in [6.45, 7) is 0.352. The molecule has 28 heavy (non-hydrogen) atoms. The molecule has 0 saturated carbocycles. The maximum absolute atomic E-state index is 12.1. The predicted octanol–water partition coefficient (Wildman–Crippen LogP) is 2.96. The van der Waals surface area contributed by atoms with Crippen LogP contribution in [0, 0.1) is 10.1 Å². The lowest BCUT2D eigenvalue weighted by molar-refractivity contribution is -0.384. The summed E-state index contributed by atoms with van der Waals surface area (Å²) in [7, 11) is 0. The van der Waals surface area contributed by atoms with Gasteiger partial charge in [0, 0.05) is 28.9 Å². The molecule has 2 N–H and O–H groups in total. The summed E-state index contributed by atoms with van der Waals surface area (Å²) in [5.74, 6) is -0.546. The molecular weight excluding hydrogens is 386 g/mol. The molecule has 0 radical (unpaired) electrons. The number of aromatic hydroxyl groups is 1. The van der Waals surface area contributed by atoms with E-state index >= 15 is 0 Å². The summed E-state index contributed by atoms with van der Waals surface area (Å²) in [5, 5.41) is 28.7. The van der Waals surface area contributed by atoms with Crippen molar-refractivity contribution in [1.29, 1.82) is 0 Å². The summed E-state index contributed by atoms with van der Waals surface area (Å²) >= 11 is 5.84. The molecule has 0 atom stereocenters. The van der Waals surface area contributed by atoms with Crippen molar-refractivity contribution in [2.75, 3.05) is 0 Å². The van der Waals surface area contributed by atoms with Gasteiger partial charge in [-0.2, -0.15) is 10.2 Å². The Hall–Kier alpha value is -3.72. The number of non-ortho nitro benzene ring substituents is 1. The Morgan fingerprint density at radius 2 is 2.04 bits per heavy atom. The Bertz CT molecular complexity index is 1050. The highest BCUT2D eigenvalue weighted by Gasteiger charge is 2.10. The van der Waals surface area contributed by atoms with Crippen molar-refractivity contribution < 1.29 is 14.8 Å². The van der Waals surface area contributed by atoms with Gasteiger partial charge >= 0.3 is 0 Å². The van der Waals surface area contributed by atoms with Gasteiger partial charge in [-0.15, -0.1) is 0 Å². The van der Waals surface area contributed by atoms with E-state index in [4.69, 9.17) is 11.6 Å². The van der Waals surface area contributed by atoms with Crippen LogP contribution in [0.25, 0.3) is 0 Å². The minimum atomic E-state index is -0.528. The number of hydrogen-bond acceptors (Lipinski definition) is 6. The summed E-state index contributed by atoms with van der Waals surface area (Å²) in [5.41, 5.74) is 3.63. The molecule has 3 aromatic rings. The summed E-state index contributed by atoms with van der Waals surface area (Å²) in [6, 6.07) is 12.1. The van der Waals surface area contributed by atoms with Crippen LogP contribution in [-0.4, -0.2) is 31.9 Å². The topological polar surface area (TPSA) is 123 Å². The number of nitrogens with one attached hydrogen (secondary N) is 1. The maximum Gasteiger partial charge on any atom is 0.291 e. The van der Waals surface area contributed by atoms with E-state index in [2.05, 4.69) is 15.6 Å². The summed E-state index contributed by atoms with van der Waals surface area (Å²) in [6.07, 6.45) is 2.88. The second kappa shape index (κ2) is 8.31. The molecule has 9 nitrogen and oxygen atoms in total. The second-order valence-corrected chi connectivity index (χ2v) is 6.16. The Kier molecular flexibility index (Phi) is 5.66. The maximum atomic E-state index is 12.1. The van der Waals surface area contributed by atoms with Crippen LogP contribution in [0.4, 0.5) is 5.69 Å². The lowest BCUT2D eigenvalue weighted by atomic mass is 10.2. The van der Waals surface area contributed by atoms with E-state index in [1.807, 2.05) is 0 Å². The number of phenols is 1. The molecule has 10 heteroatoms. The standard InChI is InChI=1S/C18H14ClN5O4/c19-14-3-6-17(25)13(9-14)10-20-21-18(26)16-7-8-23(22-16)11-12-1-4-15(5-2-12)24(27)28/h1-10,25H,11H2,(H,21,26). The number of phenolic OH excluding ortho intramolecular Hbond substituents is 1. The third-order valence-corrected chi connectivity index (χ3v) is 3.96. The number of benzene rings is 2. The quantitative estimate of drug-likeness (QED) is 0.374. The Labute approximate surface area is 164 Å². The Morgan fingerprint density at radius 1 is 1.29 bits per heavy atom. The number of carbonyl (C=O) groups excluding carboxylic acids is 1. The highest BCUT2D eigenvalue weighted by atomic mass is 35.5. The van der Waals surface area contributed by atoms with Gasteiger partial charge in [0.05, 0.1) is 17.7 Å². The SMILES string of the molecule is O=C(NN=Cc1cc(Cl)ccc1O)c1ccn(Cc2ccc([N+](=O)[O-])cc2)n1. The van der Waals surface area contributed by atoms with Gasteiger partial charge in [-0.3, -0.25) is 19.6 Å². The van der Waals surface area contributed by atoms with E-state index < -0.39 is 10.8 Å².